The number of aromatic nitrogens is 2. The molecule has 230 valence electrons. The van der Waals surface area contributed by atoms with E-state index in [0.717, 1.165) is 55.6 Å². The molecule has 0 atom stereocenters. The zero-order chi connectivity index (χ0) is 32.6. The minimum absolute atomic E-state index is 0.603. The van der Waals surface area contributed by atoms with Crippen molar-refractivity contribution >= 4 is 21.9 Å². The monoisotopic (exact) mass is 626 g/mol. The van der Waals surface area contributed by atoms with Crippen LogP contribution >= 0.6 is 0 Å². The highest BCUT2D eigenvalue weighted by atomic mass is 16.3. The lowest BCUT2D eigenvalue weighted by molar-refractivity contribution is 0.620. The minimum Gasteiger partial charge on any atom is -0.436 e. The Labute approximate surface area is 284 Å². The van der Waals surface area contributed by atoms with Crippen LogP contribution in [0.1, 0.15) is 0 Å². The predicted octanol–water partition coefficient (Wildman–Crippen LogP) is 12.4. The summed E-state index contributed by atoms with van der Waals surface area (Å²) in [6.45, 7) is 0. The smallest absolute Gasteiger partial charge is 0.227 e. The summed E-state index contributed by atoms with van der Waals surface area (Å²) in [7, 11) is 0. The summed E-state index contributed by atoms with van der Waals surface area (Å²) in [5, 5.41) is 2.49. The van der Waals surface area contributed by atoms with Crippen LogP contribution in [-0.4, -0.2) is 9.97 Å². The number of rotatable bonds is 6. The van der Waals surface area contributed by atoms with Crippen molar-refractivity contribution < 1.29 is 4.42 Å². The normalized spacial score (nSPS) is 11.3. The van der Waals surface area contributed by atoms with Gasteiger partial charge in [0.2, 0.25) is 5.89 Å². The van der Waals surface area contributed by atoms with Gasteiger partial charge in [0.25, 0.3) is 0 Å². The largest absolute Gasteiger partial charge is 0.436 e. The van der Waals surface area contributed by atoms with Crippen molar-refractivity contribution in [2.45, 2.75) is 0 Å². The Morgan fingerprint density at radius 1 is 0.388 bits per heavy atom. The van der Waals surface area contributed by atoms with E-state index in [0.29, 0.717) is 5.89 Å². The minimum atomic E-state index is 0.603. The third-order valence-electron chi connectivity index (χ3n) is 9.24. The third kappa shape index (κ3) is 5.48. The lowest BCUT2D eigenvalue weighted by Crippen LogP contribution is -1.87. The molecule has 0 saturated carbocycles. The fourth-order valence-electron chi connectivity index (χ4n) is 6.67. The fraction of sp³-hybridized carbons (Fsp3) is 0. The lowest BCUT2D eigenvalue weighted by atomic mass is 9.94. The number of fused-ring (bicyclic) bond motifs is 2. The molecule has 0 amide bonds. The molecule has 0 aliphatic heterocycles. The summed E-state index contributed by atoms with van der Waals surface area (Å²) in [6.07, 6.45) is 3.69. The highest BCUT2D eigenvalue weighted by molar-refractivity contribution is 5.98. The van der Waals surface area contributed by atoms with Crippen LogP contribution in [0.4, 0.5) is 0 Å². The number of nitrogens with zero attached hydrogens (tertiary/aromatic N) is 2. The second-order valence-corrected chi connectivity index (χ2v) is 12.3. The van der Waals surface area contributed by atoms with Crippen LogP contribution < -0.4 is 0 Å². The zero-order valence-electron chi connectivity index (χ0n) is 26.6. The van der Waals surface area contributed by atoms with Crippen molar-refractivity contribution in [3.8, 4) is 67.1 Å². The molecule has 3 nitrogen and oxygen atoms in total. The average molecular weight is 627 g/mol. The van der Waals surface area contributed by atoms with Gasteiger partial charge in [-0.1, -0.05) is 140 Å². The molecule has 0 N–H and O–H groups in total. The predicted molar refractivity (Wildman–Crippen MR) is 202 cm³/mol. The summed E-state index contributed by atoms with van der Waals surface area (Å²) in [5.41, 5.74) is 13.8. The topological polar surface area (TPSA) is 38.9 Å². The third-order valence-corrected chi connectivity index (χ3v) is 9.24. The van der Waals surface area contributed by atoms with Gasteiger partial charge < -0.3 is 4.42 Å². The van der Waals surface area contributed by atoms with Crippen molar-refractivity contribution in [1.29, 1.82) is 0 Å². The van der Waals surface area contributed by atoms with Crippen LogP contribution in [0, 0.1) is 0 Å². The summed E-state index contributed by atoms with van der Waals surface area (Å²) < 4.78 is 6.54. The Bertz CT molecular complexity index is 2550. The van der Waals surface area contributed by atoms with E-state index < -0.39 is 0 Å². The summed E-state index contributed by atoms with van der Waals surface area (Å²) in [6, 6.07) is 59.7. The van der Waals surface area contributed by atoms with E-state index in [9.17, 15) is 0 Å². The molecule has 7 aromatic carbocycles. The SMILES string of the molecule is c1ccc(-c2ccc(-c3nc4c(-c5ccc(-c6cccnc6)cc5)cc(-c5ccc(-c6cccc7ccccc67)cc5)cc4o3)cc2)cc1. The molecule has 0 fully saturated rings. The van der Waals surface area contributed by atoms with Crippen LogP contribution in [0.15, 0.2) is 187 Å². The Kier molecular flexibility index (Phi) is 7.14. The Morgan fingerprint density at radius 2 is 0.959 bits per heavy atom. The summed E-state index contributed by atoms with van der Waals surface area (Å²) in [4.78, 5) is 9.38. The van der Waals surface area contributed by atoms with Crippen LogP contribution in [-0.2, 0) is 0 Å². The van der Waals surface area contributed by atoms with Crippen LogP contribution in [0.5, 0.6) is 0 Å². The molecule has 0 saturated heterocycles. The van der Waals surface area contributed by atoms with Crippen molar-refractivity contribution in [3.63, 3.8) is 0 Å². The Hall–Kier alpha value is -6.58. The van der Waals surface area contributed by atoms with Crippen molar-refractivity contribution in [1.82, 2.24) is 9.97 Å². The molecule has 0 unspecified atom stereocenters. The van der Waals surface area contributed by atoms with Gasteiger partial charge in [0.05, 0.1) is 0 Å². The standard InChI is InChI=1S/C46H30N2O/c1-2-8-31(9-3-1)32-19-25-38(26-20-32)46-48-45-43(37-23-15-33(16-24-37)39-12-7-27-47-30-39)28-40(29-44(45)49-46)34-17-21-36(22-18-34)42-14-6-11-35-10-4-5-13-41(35)42/h1-30H. The van der Waals surface area contributed by atoms with E-state index in [-0.39, 0.29) is 0 Å². The first-order valence-electron chi connectivity index (χ1n) is 16.5. The number of pyridine rings is 1. The van der Waals surface area contributed by atoms with Crippen LogP contribution in [0.3, 0.4) is 0 Å². The van der Waals surface area contributed by atoms with E-state index in [1.54, 1.807) is 6.20 Å². The van der Waals surface area contributed by atoms with Gasteiger partial charge in [-0.15, -0.1) is 0 Å². The highest BCUT2D eigenvalue weighted by Gasteiger charge is 2.17. The van der Waals surface area contributed by atoms with Crippen molar-refractivity contribution in [3.05, 3.63) is 182 Å². The van der Waals surface area contributed by atoms with Gasteiger partial charge in [0.15, 0.2) is 5.58 Å². The molecular formula is C46H30N2O. The average Bonchev–Trinajstić information content (AvgIpc) is 3.63. The van der Waals surface area contributed by atoms with Crippen LogP contribution in [0.2, 0.25) is 0 Å². The molecule has 0 bridgehead atoms. The molecular weight excluding hydrogens is 597 g/mol. The van der Waals surface area contributed by atoms with E-state index >= 15 is 0 Å². The summed E-state index contributed by atoms with van der Waals surface area (Å²) in [5.74, 6) is 0.603. The maximum absolute atomic E-state index is 6.54. The number of oxazole rings is 1. The first-order chi connectivity index (χ1) is 24.3. The highest BCUT2D eigenvalue weighted by Crippen LogP contribution is 2.38. The van der Waals surface area contributed by atoms with Gasteiger partial charge in [-0.25, -0.2) is 4.98 Å². The Balaban J connectivity index is 1.14. The second-order valence-electron chi connectivity index (χ2n) is 12.3. The van der Waals surface area contributed by atoms with Gasteiger partial charge in [-0.2, -0.15) is 0 Å². The maximum Gasteiger partial charge on any atom is 0.227 e. The zero-order valence-corrected chi connectivity index (χ0v) is 26.6. The molecule has 2 heterocycles. The quantitative estimate of drug-likeness (QED) is 0.184. The lowest BCUT2D eigenvalue weighted by Gasteiger charge is -2.10. The molecule has 0 radical (unpaired) electrons. The molecule has 3 heteroatoms. The number of hydrogen-bond acceptors (Lipinski definition) is 3. The van der Waals surface area contributed by atoms with E-state index in [2.05, 4.69) is 163 Å². The molecule has 0 aliphatic carbocycles. The maximum atomic E-state index is 6.54. The van der Waals surface area contributed by atoms with Gasteiger partial charge in [-0.3, -0.25) is 4.98 Å². The first kappa shape index (κ1) is 28.6. The van der Waals surface area contributed by atoms with Gasteiger partial charge >= 0.3 is 0 Å². The van der Waals surface area contributed by atoms with Gasteiger partial charge in [0, 0.05) is 23.5 Å². The number of hydrogen-bond donors (Lipinski definition) is 0. The summed E-state index contributed by atoms with van der Waals surface area (Å²) >= 11 is 0. The second kappa shape index (κ2) is 12.2. The fourth-order valence-corrected chi connectivity index (χ4v) is 6.67. The Morgan fingerprint density at radius 3 is 1.69 bits per heavy atom. The molecule has 2 aromatic heterocycles. The van der Waals surface area contributed by atoms with Gasteiger partial charge in [0.1, 0.15) is 5.52 Å². The van der Waals surface area contributed by atoms with Crippen molar-refractivity contribution in [2.75, 3.05) is 0 Å². The molecule has 49 heavy (non-hydrogen) atoms. The van der Waals surface area contributed by atoms with Crippen molar-refractivity contribution in [2.24, 2.45) is 0 Å². The molecule has 9 aromatic rings. The van der Waals surface area contributed by atoms with E-state index in [1.165, 1.54) is 27.5 Å². The van der Waals surface area contributed by atoms with E-state index in [1.807, 2.05) is 18.3 Å². The molecule has 0 aliphatic rings. The number of benzene rings is 7. The van der Waals surface area contributed by atoms with Crippen LogP contribution in [0.25, 0.3) is 89.0 Å². The van der Waals surface area contributed by atoms with E-state index in [4.69, 9.17) is 9.40 Å². The first-order valence-corrected chi connectivity index (χ1v) is 16.5. The molecule has 9 rings (SSSR count). The molecule has 0 spiro atoms. The van der Waals surface area contributed by atoms with Gasteiger partial charge in [-0.05, 0) is 91.2 Å².